The highest BCUT2D eigenvalue weighted by molar-refractivity contribution is 6.07. The summed E-state index contributed by atoms with van der Waals surface area (Å²) in [6.07, 6.45) is 4.26. The lowest BCUT2D eigenvalue weighted by molar-refractivity contribution is 0.660. The Balaban J connectivity index is 1.08. The van der Waals surface area contributed by atoms with Crippen LogP contribution in [0.15, 0.2) is 158 Å². The molecule has 0 bridgehead atoms. The predicted molar refractivity (Wildman–Crippen MR) is 245 cm³/mol. The summed E-state index contributed by atoms with van der Waals surface area (Å²) in [6.45, 7) is 9.43. The number of nitrogens with zero attached hydrogens (tertiary/aromatic N) is 3. The molecule has 0 N–H and O–H groups in total. The van der Waals surface area contributed by atoms with Crippen molar-refractivity contribution in [3.63, 3.8) is 0 Å². The van der Waals surface area contributed by atoms with Crippen LogP contribution >= 0.6 is 0 Å². The van der Waals surface area contributed by atoms with E-state index in [9.17, 15) is 0 Å². The molecule has 0 aliphatic heterocycles. The Labute approximate surface area is 345 Å². The second-order valence-corrected chi connectivity index (χ2v) is 17.7. The largest absolute Gasteiger partial charge is 0.282 e. The molecular weight excluding hydrogens is 715 g/mol. The molecule has 3 aliphatic carbocycles. The molecule has 0 amide bonds. The summed E-state index contributed by atoms with van der Waals surface area (Å²) in [4.78, 5) is 11.2. The monoisotopic (exact) mass is 757 g/mol. The van der Waals surface area contributed by atoms with Gasteiger partial charge in [0.25, 0.3) is 0 Å². The normalized spacial score (nSPS) is 15.4. The number of rotatable bonds is 4. The number of fused-ring (bicyclic) bond motifs is 11. The first-order chi connectivity index (χ1) is 28.8. The topological polar surface area (TPSA) is 30.7 Å². The Morgan fingerprint density at radius 1 is 0.525 bits per heavy atom. The van der Waals surface area contributed by atoms with E-state index in [1.807, 2.05) is 0 Å². The summed E-state index contributed by atoms with van der Waals surface area (Å²) in [5.41, 5.74) is 22.2. The smallest absolute Gasteiger partial charge is 0.235 e. The van der Waals surface area contributed by atoms with Gasteiger partial charge < -0.3 is 0 Å². The Kier molecular flexibility index (Phi) is 7.15. The van der Waals surface area contributed by atoms with Gasteiger partial charge in [-0.25, -0.2) is 9.97 Å². The summed E-state index contributed by atoms with van der Waals surface area (Å²) < 4.78 is 2.38. The second kappa shape index (κ2) is 12.3. The number of benzene rings is 7. The van der Waals surface area contributed by atoms with Crippen molar-refractivity contribution in [2.45, 2.75) is 51.4 Å². The van der Waals surface area contributed by atoms with Crippen molar-refractivity contribution in [2.75, 3.05) is 0 Å². The molecule has 0 unspecified atom stereocenters. The lowest BCUT2D eigenvalue weighted by atomic mass is 9.76. The first-order valence-electron chi connectivity index (χ1n) is 21.0. The molecule has 59 heavy (non-hydrogen) atoms. The molecule has 7 aromatic carbocycles. The SMILES string of the molecule is CC1(C)C(c2ccccc2)=Cc2ccc3nc(-n4c5c(c6cc(-c7ccc8c(c7)C(C)(C)c7ccccc7-8)ccc64)-c4ccccc4CC5)nc(-c4ccccc4)c3c21. The van der Waals surface area contributed by atoms with Crippen LogP contribution in [0.1, 0.15) is 66.8 Å². The summed E-state index contributed by atoms with van der Waals surface area (Å²) in [5, 5.41) is 2.37. The second-order valence-electron chi connectivity index (χ2n) is 17.7. The highest BCUT2D eigenvalue weighted by atomic mass is 15.2. The number of allylic oxidation sites excluding steroid dienone is 1. The molecular formula is C56H43N3. The van der Waals surface area contributed by atoms with Gasteiger partial charge in [-0.15, -0.1) is 0 Å². The molecule has 9 aromatic rings. The lowest BCUT2D eigenvalue weighted by Gasteiger charge is -2.27. The number of aryl methyl sites for hydroxylation is 1. The predicted octanol–water partition coefficient (Wildman–Crippen LogP) is 13.8. The summed E-state index contributed by atoms with van der Waals surface area (Å²) >= 11 is 0. The van der Waals surface area contributed by atoms with Crippen LogP contribution in [0.4, 0.5) is 0 Å². The Morgan fingerprint density at radius 2 is 1.20 bits per heavy atom. The third kappa shape index (κ3) is 4.88. The average molecular weight is 758 g/mol. The van der Waals surface area contributed by atoms with Gasteiger partial charge in [0.2, 0.25) is 5.95 Å². The van der Waals surface area contributed by atoms with Gasteiger partial charge in [0.1, 0.15) is 0 Å². The Bertz CT molecular complexity index is 3250. The van der Waals surface area contributed by atoms with Crippen molar-refractivity contribution in [3.05, 3.63) is 197 Å². The zero-order valence-corrected chi connectivity index (χ0v) is 33.8. The van der Waals surface area contributed by atoms with Crippen molar-refractivity contribution in [1.82, 2.24) is 14.5 Å². The molecule has 12 rings (SSSR count). The number of hydrogen-bond acceptors (Lipinski definition) is 2. The van der Waals surface area contributed by atoms with E-state index in [4.69, 9.17) is 9.97 Å². The minimum Gasteiger partial charge on any atom is -0.282 e. The third-order valence-electron chi connectivity index (χ3n) is 13.7. The van der Waals surface area contributed by atoms with Crippen LogP contribution in [0.25, 0.3) is 84.0 Å². The number of hydrogen-bond donors (Lipinski definition) is 0. The fraction of sp³-hybridized carbons (Fsp3) is 0.143. The van der Waals surface area contributed by atoms with E-state index in [1.165, 1.54) is 83.4 Å². The van der Waals surface area contributed by atoms with E-state index in [-0.39, 0.29) is 10.8 Å². The molecule has 2 heterocycles. The molecule has 3 heteroatoms. The Morgan fingerprint density at radius 3 is 2.02 bits per heavy atom. The lowest BCUT2D eigenvalue weighted by Crippen LogP contribution is -2.18. The molecule has 0 spiro atoms. The van der Waals surface area contributed by atoms with Gasteiger partial charge >= 0.3 is 0 Å². The van der Waals surface area contributed by atoms with E-state index in [0.717, 1.165) is 46.5 Å². The van der Waals surface area contributed by atoms with Crippen LogP contribution < -0.4 is 0 Å². The van der Waals surface area contributed by atoms with Crippen molar-refractivity contribution < 1.29 is 0 Å². The van der Waals surface area contributed by atoms with Crippen LogP contribution in [-0.4, -0.2) is 14.5 Å². The minimum absolute atomic E-state index is 0.0636. The fourth-order valence-electron chi connectivity index (χ4n) is 10.9. The van der Waals surface area contributed by atoms with Crippen molar-refractivity contribution in [3.8, 4) is 50.6 Å². The maximum Gasteiger partial charge on any atom is 0.235 e. The van der Waals surface area contributed by atoms with Gasteiger partial charge in [-0.1, -0.05) is 161 Å². The summed E-state index contributed by atoms with van der Waals surface area (Å²) in [7, 11) is 0. The first-order valence-corrected chi connectivity index (χ1v) is 21.0. The summed E-state index contributed by atoms with van der Waals surface area (Å²) in [6, 6.07) is 58.0. The van der Waals surface area contributed by atoms with Crippen LogP contribution in [0.5, 0.6) is 0 Å². The van der Waals surface area contributed by atoms with Gasteiger partial charge in [0.05, 0.1) is 16.7 Å². The molecule has 0 atom stereocenters. The zero-order valence-electron chi connectivity index (χ0n) is 33.8. The standard InChI is InChI=1S/C56H43N3/c1-55(2)44-22-14-13-21-41(44)42-27-23-38(32-46(42)55)37-26-29-48-43(31-37)50-40-20-12-11-15-34(40)25-30-49(50)59(48)54-57-47-28-24-39-33-45(35-16-7-5-8-17-35)56(3,4)52(39)51(47)53(58-54)36-18-9-6-10-19-36/h5-24,26-29,31-33H,25,30H2,1-4H3. The maximum absolute atomic E-state index is 5.65. The van der Waals surface area contributed by atoms with E-state index in [0.29, 0.717) is 0 Å². The van der Waals surface area contributed by atoms with Gasteiger partial charge in [0, 0.05) is 38.4 Å². The Hall–Kier alpha value is -6.84. The maximum atomic E-state index is 5.65. The van der Waals surface area contributed by atoms with Crippen LogP contribution in [0.3, 0.4) is 0 Å². The quantitative estimate of drug-likeness (QED) is 0.179. The van der Waals surface area contributed by atoms with Crippen molar-refractivity contribution in [2.24, 2.45) is 0 Å². The van der Waals surface area contributed by atoms with Crippen molar-refractivity contribution in [1.29, 1.82) is 0 Å². The van der Waals surface area contributed by atoms with Gasteiger partial charge in [-0.05, 0) is 110 Å². The highest BCUT2D eigenvalue weighted by Gasteiger charge is 2.38. The van der Waals surface area contributed by atoms with Crippen LogP contribution in [-0.2, 0) is 23.7 Å². The molecule has 0 fully saturated rings. The molecule has 2 aromatic heterocycles. The molecule has 3 nitrogen and oxygen atoms in total. The first kappa shape index (κ1) is 34.2. The summed E-state index contributed by atoms with van der Waals surface area (Å²) in [5.74, 6) is 0.721. The zero-order chi connectivity index (χ0) is 39.6. The molecule has 0 saturated heterocycles. The number of aromatic nitrogens is 3. The van der Waals surface area contributed by atoms with Gasteiger partial charge in [-0.3, -0.25) is 4.57 Å². The molecule has 0 radical (unpaired) electrons. The average Bonchev–Trinajstić information content (AvgIpc) is 3.85. The molecule has 3 aliphatic rings. The fourth-order valence-corrected chi connectivity index (χ4v) is 10.9. The van der Waals surface area contributed by atoms with E-state index in [2.05, 4.69) is 196 Å². The van der Waals surface area contributed by atoms with Crippen LogP contribution in [0.2, 0.25) is 0 Å². The van der Waals surface area contributed by atoms with Crippen LogP contribution in [0, 0.1) is 0 Å². The van der Waals surface area contributed by atoms with E-state index < -0.39 is 0 Å². The minimum atomic E-state index is -0.250. The van der Waals surface area contributed by atoms with Crippen molar-refractivity contribution >= 4 is 33.5 Å². The van der Waals surface area contributed by atoms with E-state index in [1.54, 1.807) is 0 Å². The highest BCUT2D eigenvalue weighted by Crippen LogP contribution is 2.52. The van der Waals surface area contributed by atoms with E-state index >= 15 is 0 Å². The molecule has 282 valence electrons. The van der Waals surface area contributed by atoms with Gasteiger partial charge in [-0.2, -0.15) is 0 Å². The van der Waals surface area contributed by atoms with Gasteiger partial charge in [0.15, 0.2) is 0 Å². The molecule has 0 saturated carbocycles. The third-order valence-corrected chi connectivity index (χ3v) is 13.7.